The second-order valence-electron chi connectivity index (χ2n) is 4.71. The van der Waals surface area contributed by atoms with Crippen LogP contribution >= 0.6 is 0 Å². The average Bonchev–Trinajstić information content (AvgIpc) is 2.66. The van der Waals surface area contributed by atoms with Gasteiger partial charge in [-0.3, -0.25) is 4.68 Å². The average molecular weight is 240 g/mol. The first-order valence-electron chi connectivity index (χ1n) is 6.25. The molecule has 0 fully saturated rings. The lowest BCUT2D eigenvalue weighted by atomic mass is 9.97. The number of aromatic nitrogens is 3. The predicted molar refractivity (Wildman–Crippen MR) is 67.6 cm³/mol. The minimum absolute atomic E-state index is 0.0418. The Balaban J connectivity index is 2.66. The summed E-state index contributed by atoms with van der Waals surface area (Å²) in [7, 11) is 1.71. The fourth-order valence-electron chi connectivity index (χ4n) is 2.11. The van der Waals surface area contributed by atoms with E-state index in [1.54, 1.807) is 13.4 Å². The number of rotatable bonds is 7. The van der Waals surface area contributed by atoms with Crippen molar-refractivity contribution in [2.75, 3.05) is 7.11 Å². The molecule has 1 rings (SSSR count). The molecule has 0 bridgehead atoms. The molecule has 0 saturated heterocycles. The molecule has 5 nitrogen and oxygen atoms in total. The van der Waals surface area contributed by atoms with Crippen LogP contribution in [0.3, 0.4) is 0 Å². The summed E-state index contributed by atoms with van der Waals surface area (Å²) in [6.07, 6.45) is 3.40. The number of methoxy groups -OCH3 is 1. The molecule has 0 saturated carbocycles. The quantitative estimate of drug-likeness (QED) is 0.778. The van der Waals surface area contributed by atoms with Gasteiger partial charge in [0.05, 0.1) is 6.10 Å². The summed E-state index contributed by atoms with van der Waals surface area (Å²) in [6.45, 7) is 7.24. The summed E-state index contributed by atoms with van der Waals surface area (Å²) in [6, 6.07) is -0.0418. The van der Waals surface area contributed by atoms with Crippen molar-refractivity contribution in [1.82, 2.24) is 14.8 Å². The Morgan fingerprint density at radius 2 is 2.18 bits per heavy atom. The molecule has 0 radical (unpaired) electrons. The number of aryl methyl sites for hydroxylation is 1. The lowest BCUT2D eigenvalue weighted by molar-refractivity contribution is 0.0434. The van der Waals surface area contributed by atoms with E-state index in [4.69, 9.17) is 10.5 Å². The molecule has 1 aromatic rings. The van der Waals surface area contributed by atoms with Crippen LogP contribution in [0.1, 0.15) is 33.0 Å². The fourth-order valence-corrected chi connectivity index (χ4v) is 2.11. The summed E-state index contributed by atoms with van der Waals surface area (Å²) < 4.78 is 7.36. The number of hydrogen-bond acceptors (Lipinski definition) is 4. The van der Waals surface area contributed by atoms with E-state index in [1.807, 2.05) is 4.68 Å². The number of nitrogens with zero attached hydrogens (tertiary/aromatic N) is 3. The molecule has 0 aliphatic carbocycles. The highest BCUT2D eigenvalue weighted by atomic mass is 16.5. The van der Waals surface area contributed by atoms with Crippen LogP contribution in [0.2, 0.25) is 0 Å². The lowest BCUT2D eigenvalue weighted by Gasteiger charge is -2.25. The molecule has 0 aliphatic rings. The molecule has 17 heavy (non-hydrogen) atoms. The van der Waals surface area contributed by atoms with Gasteiger partial charge in [0.25, 0.3) is 0 Å². The summed E-state index contributed by atoms with van der Waals surface area (Å²) >= 11 is 0. The maximum Gasteiger partial charge on any atom is 0.138 e. The summed E-state index contributed by atoms with van der Waals surface area (Å²) in [5.74, 6) is 1.35. The molecule has 0 aliphatic heterocycles. The van der Waals surface area contributed by atoms with E-state index in [0.717, 1.165) is 18.8 Å². The second kappa shape index (κ2) is 6.71. The van der Waals surface area contributed by atoms with Gasteiger partial charge in [-0.15, -0.1) is 0 Å². The monoisotopic (exact) mass is 240 g/mol. The van der Waals surface area contributed by atoms with Gasteiger partial charge in [-0.05, 0) is 12.3 Å². The van der Waals surface area contributed by atoms with Gasteiger partial charge in [-0.1, -0.05) is 20.8 Å². The van der Waals surface area contributed by atoms with Crippen molar-refractivity contribution in [3.05, 3.63) is 12.2 Å². The van der Waals surface area contributed by atoms with Gasteiger partial charge in [0.15, 0.2) is 0 Å². The van der Waals surface area contributed by atoms with Gasteiger partial charge < -0.3 is 10.5 Å². The number of hydrogen-bond donors (Lipinski definition) is 1. The van der Waals surface area contributed by atoms with E-state index in [0.29, 0.717) is 12.3 Å². The third-order valence-electron chi connectivity index (χ3n) is 2.90. The van der Waals surface area contributed by atoms with Crippen molar-refractivity contribution in [1.29, 1.82) is 0 Å². The Bertz CT molecular complexity index is 324. The van der Waals surface area contributed by atoms with E-state index >= 15 is 0 Å². The maximum absolute atomic E-state index is 6.18. The van der Waals surface area contributed by atoms with Crippen molar-refractivity contribution < 1.29 is 4.74 Å². The SMILES string of the molecule is CCCn1ncnc1CC(N)C(OC)C(C)C. The zero-order chi connectivity index (χ0) is 12.8. The van der Waals surface area contributed by atoms with E-state index in [9.17, 15) is 0 Å². The highest BCUT2D eigenvalue weighted by Gasteiger charge is 2.22. The Morgan fingerprint density at radius 1 is 1.47 bits per heavy atom. The summed E-state index contributed by atoms with van der Waals surface area (Å²) in [5.41, 5.74) is 6.18. The highest BCUT2D eigenvalue weighted by Crippen LogP contribution is 2.12. The number of ether oxygens (including phenoxy) is 1. The molecule has 1 aromatic heterocycles. The van der Waals surface area contributed by atoms with Gasteiger partial charge in [-0.25, -0.2) is 4.98 Å². The molecule has 0 amide bonds. The molecule has 0 aromatic carbocycles. The van der Waals surface area contributed by atoms with Crippen LogP contribution in [0.25, 0.3) is 0 Å². The van der Waals surface area contributed by atoms with Crippen LogP contribution in [0, 0.1) is 5.92 Å². The topological polar surface area (TPSA) is 66.0 Å². The largest absolute Gasteiger partial charge is 0.380 e. The second-order valence-corrected chi connectivity index (χ2v) is 4.71. The minimum atomic E-state index is -0.0418. The third kappa shape index (κ3) is 3.78. The first kappa shape index (κ1) is 14.1. The van der Waals surface area contributed by atoms with Crippen molar-refractivity contribution in [2.45, 2.75) is 52.3 Å². The Kier molecular flexibility index (Phi) is 5.58. The van der Waals surface area contributed by atoms with Gasteiger partial charge in [-0.2, -0.15) is 5.10 Å². The molecular weight excluding hydrogens is 216 g/mol. The molecular formula is C12H24N4O. The molecule has 2 unspecified atom stereocenters. The maximum atomic E-state index is 6.18. The van der Waals surface area contributed by atoms with Crippen molar-refractivity contribution >= 4 is 0 Å². The highest BCUT2D eigenvalue weighted by molar-refractivity contribution is 4.92. The van der Waals surface area contributed by atoms with E-state index in [-0.39, 0.29) is 12.1 Å². The summed E-state index contributed by atoms with van der Waals surface area (Å²) in [5, 5.41) is 4.20. The number of nitrogens with two attached hydrogens (primary N) is 1. The minimum Gasteiger partial charge on any atom is -0.380 e. The fraction of sp³-hybridized carbons (Fsp3) is 0.833. The first-order valence-corrected chi connectivity index (χ1v) is 6.25. The normalized spacial score (nSPS) is 15.2. The van der Waals surface area contributed by atoms with Gasteiger partial charge in [0, 0.05) is 26.1 Å². The van der Waals surface area contributed by atoms with Crippen molar-refractivity contribution in [2.24, 2.45) is 11.7 Å². The first-order chi connectivity index (χ1) is 8.10. The van der Waals surface area contributed by atoms with Crippen LogP contribution in [0.4, 0.5) is 0 Å². The van der Waals surface area contributed by atoms with E-state index in [2.05, 4.69) is 30.9 Å². The molecule has 2 atom stereocenters. The van der Waals surface area contributed by atoms with Crippen LogP contribution in [-0.2, 0) is 17.7 Å². The Morgan fingerprint density at radius 3 is 2.71 bits per heavy atom. The van der Waals surface area contributed by atoms with E-state index in [1.165, 1.54) is 0 Å². The van der Waals surface area contributed by atoms with Crippen molar-refractivity contribution in [3.8, 4) is 0 Å². The summed E-state index contributed by atoms with van der Waals surface area (Å²) in [4.78, 5) is 4.27. The lowest BCUT2D eigenvalue weighted by Crippen LogP contribution is -2.42. The Hall–Kier alpha value is -0.940. The van der Waals surface area contributed by atoms with Crippen molar-refractivity contribution in [3.63, 3.8) is 0 Å². The van der Waals surface area contributed by atoms with Crippen LogP contribution < -0.4 is 5.73 Å². The predicted octanol–water partition coefficient (Wildman–Crippen LogP) is 1.23. The van der Waals surface area contributed by atoms with Crippen LogP contribution in [0.5, 0.6) is 0 Å². The zero-order valence-electron chi connectivity index (χ0n) is 11.3. The van der Waals surface area contributed by atoms with E-state index < -0.39 is 0 Å². The molecule has 98 valence electrons. The smallest absolute Gasteiger partial charge is 0.138 e. The van der Waals surface area contributed by atoms with Gasteiger partial charge in [0.1, 0.15) is 12.2 Å². The standard InChI is InChI=1S/C12H24N4O/c1-5-6-16-11(14-8-15-16)7-10(13)12(17-4)9(2)3/h8-10,12H,5-7,13H2,1-4H3. The molecule has 0 spiro atoms. The van der Waals surface area contributed by atoms with Gasteiger partial charge >= 0.3 is 0 Å². The third-order valence-corrected chi connectivity index (χ3v) is 2.90. The Labute approximate surface area is 103 Å². The van der Waals surface area contributed by atoms with Gasteiger partial charge in [0.2, 0.25) is 0 Å². The zero-order valence-corrected chi connectivity index (χ0v) is 11.3. The van der Waals surface area contributed by atoms with Crippen LogP contribution in [-0.4, -0.2) is 34.0 Å². The molecule has 2 N–H and O–H groups in total. The molecule has 1 heterocycles. The molecule has 5 heteroatoms. The van der Waals surface area contributed by atoms with Crippen LogP contribution in [0.15, 0.2) is 6.33 Å².